The zero-order chi connectivity index (χ0) is 15.2. The van der Waals surface area contributed by atoms with Crippen LogP contribution in [0.1, 0.15) is 45.1 Å². The Kier molecular flexibility index (Phi) is 6.38. The van der Waals surface area contributed by atoms with Gasteiger partial charge >= 0.3 is 0 Å². The van der Waals surface area contributed by atoms with E-state index in [1.807, 2.05) is 0 Å². The van der Waals surface area contributed by atoms with E-state index in [-0.39, 0.29) is 0 Å². The Bertz CT molecular complexity index is 439. The van der Waals surface area contributed by atoms with Crippen LogP contribution in [0.5, 0.6) is 0 Å². The number of hydrogen-bond acceptors (Lipinski definition) is 2. The number of benzene rings is 1. The molecule has 118 valence electrons. The molecule has 21 heavy (non-hydrogen) atoms. The number of hydrogen-bond donors (Lipinski definition) is 1. The first-order chi connectivity index (χ1) is 10.1. The van der Waals surface area contributed by atoms with Crippen molar-refractivity contribution < 1.29 is 0 Å². The lowest BCUT2D eigenvalue weighted by Crippen LogP contribution is -2.24. The normalized spacial score (nSPS) is 15.9. The molecule has 0 radical (unpaired) electrons. The van der Waals surface area contributed by atoms with Gasteiger partial charge in [0, 0.05) is 20.1 Å². The molecule has 2 rings (SSSR count). The van der Waals surface area contributed by atoms with Crippen LogP contribution in [0.3, 0.4) is 0 Å². The summed E-state index contributed by atoms with van der Waals surface area (Å²) >= 11 is 6.48. The molecule has 0 aromatic heterocycles. The summed E-state index contributed by atoms with van der Waals surface area (Å²) in [5.41, 5.74) is 2.43. The molecule has 0 spiro atoms. The summed E-state index contributed by atoms with van der Waals surface area (Å²) in [7, 11) is 2.16. The molecule has 1 saturated carbocycles. The summed E-state index contributed by atoms with van der Waals surface area (Å²) in [5.74, 6) is 1.52. The van der Waals surface area contributed by atoms with Crippen LogP contribution in [0.4, 0.5) is 5.69 Å². The van der Waals surface area contributed by atoms with Gasteiger partial charge in [0.15, 0.2) is 0 Å². The van der Waals surface area contributed by atoms with Crippen LogP contribution in [0.25, 0.3) is 0 Å². The van der Waals surface area contributed by atoms with Crippen LogP contribution < -0.4 is 10.2 Å². The van der Waals surface area contributed by atoms with Gasteiger partial charge in [0.05, 0.1) is 10.7 Å². The van der Waals surface area contributed by atoms with E-state index in [1.165, 1.54) is 31.2 Å². The van der Waals surface area contributed by atoms with Crippen molar-refractivity contribution in [2.45, 2.75) is 46.1 Å². The Morgan fingerprint density at radius 2 is 2.00 bits per heavy atom. The van der Waals surface area contributed by atoms with Gasteiger partial charge in [0.2, 0.25) is 0 Å². The highest BCUT2D eigenvalue weighted by Gasteiger charge is 2.18. The molecule has 0 amide bonds. The monoisotopic (exact) mass is 308 g/mol. The minimum atomic E-state index is 0.678. The van der Waals surface area contributed by atoms with Crippen molar-refractivity contribution >= 4 is 17.3 Å². The fraction of sp³-hybridized carbons (Fsp3) is 0.667. The molecule has 2 nitrogen and oxygen atoms in total. The molecule has 0 saturated heterocycles. The number of anilines is 1. The highest BCUT2D eigenvalue weighted by atomic mass is 35.5. The number of nitrogens with zero attached hydrogens (tertiary/aromatic N) is 1. The van der Waals surface area contributed by atoms with Crippen molar-refractivity contribution in [3.8, 4) is 0 Å². The molecule has 0 unspecified atom stereocenters. The first-order valence-corrected chi connectivity index (χ1v) is 8.64. The van der Waals surface area contributed by atoms with E-state index < -0.39 is 0 Å². The van der Waals surface area contributed by atoms with Gasteiger partial charge in [-0.25, -0.2) is 0 Å². The minimum Gasteiger partial charge on any atom is -0.373 e. The Balaban J connectivity index is 1.91. The summed E-state index contributed by atoms with van der Waals surface area (Å²) < 4.78 is 0. The van der Waals surface area contributed by atoms with Gasteiger partial charge in [-0.2, -0.15) is 0 Å². The maximum Gasteiger partial charge on any atom is 0.0642 e. The molecule has 0 heterocycles. The van der Waals surface area contributed by atoms with Crippen LogP contribution in [0.15, 0.2) is 18.2 Å². The second-order valence-corrected chi connectivity index (χ2v) is 7.25. The molecule has 1 aromatic rings. The molecule has 3 heteroatoms. The van der Waals surface area contributed by atoms with Crippen LogP contribution >= 0.6 is 11.6 Å². The number of halogens is 1. The Morgan fingerprint density at radius 3 is 2.62 bits per heavy atom. The zero-order valence-electron chi connectivity index (χ0n) is 13.7. The van der Waals surface area contributed by atoms with Crippen molar-refractivity contribution in [1.29, 1.82) is 0 Å². The van der Waals surface area contributed by atoms with Crippen LogP contribution in [-0.4, -0.2) is 20.1 Å². The molecule has 0 atom stereocenters. The van der Waals surface area contributed by atoms with E-state index >= 15 is 0 Å². The van der Waals surface area contributed by atoms with E-state index in [1.54, 1.807) is 0 Å². The molecular weight excluding hydrogens is 280 g/mol. The third kappa shape index (κ3) is 5.19. The highest BCUT2D eigenvalue weighted by molar-refractivity contribution is 6.33. The summed E-state index contributed by atoms with van der Waals surface area (Å²) in [6, 6.07) is 6.47. The van der Waals surface area contributed by atoms with Gasteiger partial charge in [-0.1, -0.05) is 44.4 Å². The van der Waals surface area contributed by atoms with Crippen molar-refractivity contribution in [2.75, 3.05) is 25.0 Å². The SMILES string of the molecule is CC(C)CNCc1ccc(N(C)CC2CCCC2)c(Cl)c1. The fourth-order valence-electron chi connectivity index (χ4n) is 3.15. The van der Waals surface area contributed by atoms with E-state index in [0.29, 0.717) is 5.92 Å². The van der Waals surface area contributed by atoms with Gasteiger partial charge < -0.3 is 10.2 Å². The topological polar surface area (TPSA) is 15.3 Å². The van der Waals surface area contributed by atoms with Crippen molar-refractivity contribution in [3.05, 3.63) is 28.8 Å². The molecule has 1 N–H and O–H groups in total. The number of rotatable bonds is 7. The van der Waals surface area contributed by atoms with Crippen molar-refractivity contribution in [2.24, 2.45) is 11.8 Å². The fourth-order valence-corrected chi connectivity index (χ4v) is 3.50. The molecule has 1 aliphatic carbocycles. The molecule has 0 bridgehead atoms. The highest BCUT2D eigenvalue weighted by Crippen LogP contribution is 2.30. The van der Waals surface area contributed by atoms with Gasteiger partial charge in [-0.3, -0.25) is 0 Å². The van der Waals surface area contributed by atoms with Crippen molar-refractivity contribution in [1.82, 2.24) is 5.32 Å². The molecule has 1 aliphatic rings. The maximum absolute atomic E-state index is 6.48. The van der Waals surface area contributed by atoms with E-state index in [4.69, 9.17) is 11.6 Å². The Morgan fingerprint density at radius 1 is 1.29 bits per heavy atom. The quantitative estimate of drug-likeness (QED) is 0.784. The van der Waals surface area contributed by atoms with Gasteiger partial charge in [0.1, 0.15) is 0 Å². The Labute approximate surface area is 134 Å². The lowest BCUT2D eigenvalue weighted by Gasteiger charge is -2.24. The first kappa shape index (κ1) is 16.6. The predicted octanol–water partition coefficient (Wildman–Crippen LogP) is 4.71. The Hall–Kier alpha value is -0.730. The van der Waals surface area contributed by atoms with E-state index in [0.717, 1.165) is 36.3 Å². The van der Waals surface area contributed by atoms with Gasteiger partial charge in [-0.05, 0) is 48.9 Å². The average molecular weight is 309 g/mol. The second-order valence-electron chi connectivity index (χ2n) is 6.84. The smallest absolute Gasteiger partial charge is 0.0642 e. The van der Waals surface area contributed by atoms with Gasteiger partial charge in [-0.15, -0.1) is 0 Å². The largest absolute Gasteiger partial charge is 0.373 e. The number of nitrogens with one attached hydrogen (secondary N) is 1. The predicted molar refractivity (Wildman–Crippen MR) is 93.2 cm³/mol. The van der Waals surface area contributed by atoms with Gasteiger partial charge in [0.25, 0.3) is 0 Å². The second kappa shape index (κ2) is 8.05. The lowest BCUT2D eigenvalue weighted by atomic mass is 10.1. The summed E-state index contributed by atoms with van der Waals surface area (Å²) in [4.78, 5) is 2.32. The third-order valence-corrected chi connectivity index (χ3v) is 4.61. The third-order valence-electron chi connectivity index (χ3n) is 4.31. The molecule has 0 aliphatic heterocycles. The summed E-state index contributed by atoms with van der Waals surface area (Å²) in [6.45, 7) is 7.51. The van der Waals surface area contributed by atoms with Crippen molar-refractivity contribution in [3.63, 3.8) is 0 Å². The lowest BCUT2D eigenvalue weighted by molar-refractivity contribution is 0.546. The van der Waals surface area contributed by atoms with Crippen LogP contribution in [-0.2, 0) is 6.54 Å². The summed E-state index contributed by atoms with van der Waals surface area (Å²) in [5, 5.41) is 4.34. The zero-order valence-corrected chi connectivity index (χ0v) is 14.4. The maximum atomic E-state index is 6.48. The molecule has 1 fully saturated rings. The van der Waals surface area contributed by atoms with Crippen LogP contribution in [0.2, 0.25) is 5.02 Å². The average Bonchev–Trinajstić information content (AvgIpc) is 2.91. The van der Waals surface area contributed by atoms with E-state index in [2.05, 4.69) is 49.3 Å². The van der Waals surface area contributed by atoms with Crippen LogP contribution in [0, 0.1) is 11.8 Å². The minimum absolute atomic E-state index is 0.678. The van der Waals surface area contributed by atoms with E-state index in [9.17, 15) is 0 Å². The molecular formula is C18H29ClN2. The molecule has 1 aromatic carbocycles. The summed E-state index contributed by atoms with van der Waals surface area (Å²) in [6.07, 6.45) is 5.54. The standard InChI is InChI=1S/C18H29ClN2/c1-14(2)11-20-12-16-8-9-18(17(19)10-16)21(3)13-15-6-4-5-7-15/h8-10,14-15,20H,4-7,11-13H2,1-3H3. The first-order valence-electron chi connectivity index (χ1n) is 8.26.